The second-order valence-electron chi connectivity index (χ2n) is 4.96. The van der Waals surface area contributed by atoms with Crippen LogP contribution in [-0.2, 0) is 4.74 Å². The van der Waals surface area contributed by atoms with Crippen LogP contribution in [0.1, 0.15) is 36.0 Å². The molecule has 2 N–H and O–H groups in total. The molecule has 1 aromatic rings. The summed E-state index contributed by atoms with van der Waals surface area (Å²) in [4.78, 5) is 13.8. The Balaban J connectivity index is 2.13. The summed E-state index contributed by atoms with van der Waals surface area (Å²) in [6.07, 6.45) is 4.73. The number of benzene rings is 1. The Labute approximate surface area is 114 Å². The smallest absolute Gasteiger partial charge is 0.337 e. The zero-order valence-corrected chi connectivity index (χ0v) is 11.5. The zero-order valence-electron chi connectivity index (χ0n) is 11.5. The molecule has 4 nitrogen and oxygen atoms in total. The Morgan fingerprint density at radius 3 is 2.74 bits per heavy atom. The lowest BCUT2D eigenvalue weighted by Gasteiger charge is -2.37. The molecule has 1 aliphatic rings. The summed E-state index contributed by atoms with van der Waals surface area (Å²) in [5.74, 6) is -0.288. The first-order valence-electron chi connectivity index (χ1n) is 6.91. The minimum absolute atomic E-state index is 0.288. The largest absolute Gasteiger partial charge is 0.465 e. The van der Waals surface area contributed by atoms with E-state index in [0.29, 0.717) is 11.6 Å². The quantitative estimate of drug-likeness (QED) is 0.845. The molecule has 0 aliphatic carbocycles. The third-order valence-corrected chi connectivity index (χ3v) is 3.75. The number of esters is 1. The van der Waals surface area contributed by atoms with E-state index < -0.39 is 0 Å². The molecule has 2 rings (SSSR count). The van der Waals surface area contributed by atoms with Crippen LogP contribution in [0.5, 0.6) is 0 Å². The summed E-state index contributed by atoms with van der Waals surface area (Å²) in [6, 6.07) is 8.19. The lowest BCUT2D eigenvalue weighted by atomic mass is 9.98. The van der Waals surface area contributed by atoms with E-state index in [0.717, 1.165) is 19.5 Å². The molecule has 1 fully saturated rings. The van der Waals surface area contributed by atoms with Gasteiger partial charge in [0.15, 0.2) is 0 Å². The van der Waals surface area contributed by atoms with Crippen molar-refractivity contribution in [2.45, 2.75) is 31.7 Å². The molecule has 1 aromatic carbocycles. The number of piperidine rings is 1. The van der Waals surface area contributed by atoms with Crippen LogP contribution in [0.3, 0.4) is 0 Å². The minimum Gasteiger partial charge on any atom is -0.465 e. The highest BCUT2D eigenvalue weighted by molar-refractivity contribution is 5.89. The maximum absolute atomic E-state index is 11.4. The molecule has 1 unspecified atom stereocenters. The van der Waals surface area contributed by atoms with Crippen molar-refractivity contribution >= 4 is 11.7 Å². The van der Waals surface area contributed by atoms with Gasteiger partial charge in [-0.25, -0.2) is 4.79 Å². The fourth-order valence-electron chi connectivity index (χ4n) is 2.74. The van der Waals surface area contributed by atoms with E-state index in [1.807, 2.05) is 24.3 Å². The van der Waals surface area contributed by atoms with Gasteiger partial charge < -0.3 is 15.4 Å². The maximum Gasteiger partial charge on any atom is 0.337 e. The van der Waals surface area contributed by atoms with Gasteiger partial charge in [-0.05, 0) is 56.5 Å². The summed E-state index contributed by atoms with van der Waals surface area (Å²) in [5.41, 5.74) is 7.46. The van der Waals surface area contributed by atoms with Gasteiger partial charge >= 0.3 is 5.97 Å². The molecule has 0 bridgehead atoms. The molecule has 104 valence electrons. The van der Waals surface area contributed by atoms with Crippen LogP contribution in [0.25, 0.3) is 0 Å². The average molecular weight is 262 g/mol. The molecule has 1 atom stereocenters. The SMILES string of the molecule is COC(=O)c1ccc(N2CCCCC2CCN)cc1. The summed E-state index contributed by atoms with van der Waals surface area (Å²) in [6.45, 7) is 1.80. The number of nitrogens with zero attached hydrogens (tertiary/aromatic N) is 1. The van der Waals surface area contributed by atoms with Crippen molar-refractivity contribution in [1.29, 1.82) is 0 Å². The first kappa shape index (κ1) is 13.9. The van der Waals surface area contributed by atoms with Crippen LogP contribution >= 0.6 is 0 Å². The zero-order chi connectivity index (χ0) is 13.7. The second-order valence-corrected chi connectivity index (χ2v) is 4.96. The lowest BCUT2D eigenvalue weighted by Crippen LogP contribution is -2.40. The van der Waals surface area contributed by atoms with E-state index in [1.54, 1.807) is 0 Å². The predicted molar refractivity (Wildman–Crippen MR) is 76.4 cm³/mol. The van der Waals surface area contributed by atoms with Gasteiger partial charge in [0.1, 0.15) is 0 Å². The monoisotopic (exact) mass is 262 g/mol. The number of ether oxygens (including phenoxy) is 1. The highest BCUT2D eigenvalue weighted by Gasteiger charge is 2.22. The van der Waals surface area contributed by atoms with Gasteiger partial charge in [-0.2, -0.15) is 0 Å². The molecule has 0 radical (unpaired) electrons. The molecular weight excluding hydrogens is 240 g/mol. The molecule has 19 heavy (non-hydrogen) atoms. The number of rotatable bonds is 4. The third-order valence-electron chi connectivity index (χ3n) is 3.75. The molecule has 4 heteroatoms. The van der Waals surface area contributed by atoms with Crippen LogP contribution in [-0.4, -0.2) is 32.2 Å². The van der Waals surface area contributed by atoms with Gasteiger partial charge in [0.05, 0.1) is 12.7 Å². The topological polar surface area (TPSA) is 55.6 Å². The van der Waals surface area contributed by atoms with Crippen LogP contribution in [0.15, 0.2) is 24.3 Å². The lowest BCUT2D eigenvalue weighted by molar-refractivity contribution is 0.0601. The fourth-order valence-corrected chi connectivity index (χ4v) is 2.74. The first-order chi connectivity index (χ1) is 9.26. The molecule has 0 amide bonds. The summed E-state index contributed by atoms with van der Waals surface area (Å²) >= 11 is 0. The van der Waals surface area contributed by atoms with Crippen molar-refractivity contribution in [3.8, 4) is 0 Å². The predicted octanol–water partition coefficient (Wildman–Crippen LogP) is 2.18. The van der Waals surface area contributed by atoms with Gasteiger partial charge in [0, 0.05) is 18.3 Å². The number of carbonyl (C=O) groups excluding carboxylic acids is 1. The number of hydrogen-bond donors (Lipinski definition) is 1. The first-order valence-corrected chi connectivity index (χ1v) is 6.91. The summed E-state index contributed by atoms with van der Waals surface area (Å²) in [7, 11) is 1.40. The van der Waals surface area contributed by atoms with Crippen LogP contribution in [0.2, 0.25) is 0 Å². The van der Waals surface area contributed by atoms with E-state index in [2.05, 4.69) is 4.90 Å². The Morgan fingerprint density at radius 1 is 1.37 bits per heavy atom. The van der Waals surface area contributed by atoms with E-state index in [4.69, 9.17) is 10.5 Å². The molecule has 0 aromatic heterocycles. The Hall–Kier alpha value is -1.55. The van der Waals surface area contributed by atoms with Gasteiger partial charge in [-0.15, -0.1) is 0 Å². The Morgan fingerprint density at radius 2 is 2.11 bits per heavy atom. The van der Waals surface area contributed by atoms with Crippen LogP contribution in [0.4, 0.5) is 5.69 Å². The number of methoxy groups -OCH3 is 1. The number of carbonyl (C=O) groups is 1. The molecular formula is C15H22N2O2. The molecule has 0 spiro atoms. The van der Waals surface area contributed by atoms with Crippen molar-refractivity contribution in [2.24, 2.45) is 5.73 Å². The van der Waals surface area contributed by atoms with E-state index in [-0.39, 0.29) is 5.97 Å². The third kappa shape index (κ3) is 3.26. The van der Waals surface area contributed by atoms with Crippen molar-refractivity contribution in [3.63, 3.8) is 0 Å². The number of anilines is 1. The maximum atomic E-state index is 11.4. The summed E-state index contributed by atoms with van der Waals surface area (Å²) < 4.78 is 4.71. The van der Waals surface area contributed by atoms with Gasteiger partial charge in [-0.3, -0.25) is 0 Å². The normalized spacial score (nSPS) is 19.3. The molecule has 1 saturated heterocycles. The second kappa shape index (κ2) is 6.57. The highest BCUT2D eigenvalue weighted by Crippen LogP contribution is 2.26. The average Bonchev–Trinajstić information content (AvgIpc) is 2.47. The number of hydrogen-bond acceptors (Lipinski definition) is 4. The fraction of sp³-hybridized carbons (Fsp3) is 0.533. The minimum atomic E-state index is -0.288. The van der Waals surface area contributed by atoms with E-state index >= 15 is 0 Å². The Bertz CT molecular complexity index is 415. The van der Waals surface area contributed by atoms with E-state index in [9.17, 15) is 4.79 Å². The van der Waals surface area contributed by atoms with Crippen molar-refractivity contribution in [2.75, 3.05) is 25.1 Å². The standard InChI is InChI=1S/C15H22N2O2/c1-19-15(18)12-5-7-14(8-6-12)17-11-3-2-4-13(17)9-10-16/h5-8,13H,2-4,9-11,16H2,1H3. The van der Waals surface area contributed by atoms with Crippen molar-refractivity contribution < 1.29 is 9.53 Å². The van der Waals surface area contributed by atoms with Gasteiger partial charge in [0.2, 0.25) is 0 Å². The summed E-state index contributed by atoms with van der Waals surface area (Å²) in [5, 5.41) is 0. The van der Waals surface area contributed by atoms with Crippen molar-refractivity contribution in [1.82, 2.24) is 0 Å². The Kier molecular flexibility index (Phi) is 4.80. The molecule has 0 saturated carbocycles. The van der Waals surface area contributed by atoms with Gasteiger partial charge in [0.25, 0.3) is 0 Å². The molecule has 1 heterocycles. The van der Waals surface area contributed by atoms with Crippen LogP contribution in [0, 0.1) is 0 Å². The van der Waals surface area contributed by atoms with E-state index in [1.165, 1.54) is 32.1 Å². The van der Waals surface area contributed by atoms with Gasteiger partial charge in [-0.1, -0.05) is 0 Å². The van der Waals surface area contributed by atoms with Crippen LogP contribution < -0.4 is 10.6 Å². The molecule has 1 aliphatic heterocycles. The number of nitrogens with two attached hydrogens (primary N) is 1. The van der Waals surface area contributed by atoms with Crippen molar-refractivity contribution in [3.05, 3.63) is 29.8 Å². The highest BCUT2D eigenvalue weighted by atomic mass is 16.5.